The van der Waals surface area contributed by atoms with E-state index < -0.39 is 16.1 Å². The van der Waals surface area contributed by atoms with E-state index in [4.69, 9.17) is 0 Å². The van der Waals surface area contributed by atoms with Gasteiger partial charge in [0.1, 0.15) is 5.82 Å². The van der Waals surface area contributed by atoms with Crippen LogP contribution in [0.1, 0.15) is 30.8 Å². The molecule has 1 aliphatic rings. The molecule has 1 saturated heterocycles. The van der Waals surface area contributed by atoms with Crippen LogP contribution >= 0.6 is 0 Å². The standard InChI is InChI=1S/C17H24FN5O2S/c1-12(21-26(3,24)25)16-19-20-17(22(16)2)23-9-8-14(11-23)10-13-4-6-15(18)7-5-13/h4-7,12,14,21H,8-11H2,1-3H3. The lowest BCUT2D eigenvalue weighted by molar-refractivity contribution is 0.558. The number of nitrogens with zero attached hydrogens (tertiary/aromatic N) is 4. The molecule has 26 heavy (non-hydrogen) atoms. The van der Waals surface area contributed by atoms with Crippen LogP contribution in [0.3, 0.4) is 0 Å². The van der Waals surface area contributed by atoms with Crippen LogP contribution in [0.15, 0.2) is 24.3 Å². The molecule has 1 fully saturated rings. The van der Waals surface area contributed by atoms with Gasteiger partial charge in [-0.3, -0.25) is 4.57 Å². The number of hydrogen-bond donors (Lipinski definition) is 1. The molecule has 2 aromatic rings. The molecule has 142 valence electrons. The fourth-order valence-electron chi connectivity index (χ4n) is 3.49. The highest BCUT2D eigenvalue weighted by molar-refractivity contribution is 7.88. The summed E-state index contributed by atoms with van der Waals surface area (Å²) in [4.78, 5) is 2.16. The van der Waals surface area contributed by atoms with E-state index in [1.807, 2.05) is 23.7 Å². The average molecular weight is 381 g/mol. The molecule has 2 heterocycles. The Morgan fingerprint density at radius 3 is 2.65 bits per heavy atom. The van der Waals surface area contributed by atoms with Gasteiger partial charge in [-0.15, -0.1) is 10.2 Å². The lowest BCUT2D eigenvalue weighted by Crippen LogP contribution is -2.28. The average Bonchev–Trinajstić information content (AvgIpc) is 3.14. The van der Waals surface area contributed by atoms with Crippen LogP contribution in [-0.2, 0) is 23.5 Å². The largest absolute Gasteiger partial charge is 0.341 e. The number of aromatic nitrogens is 3. The van der Waals surface area contributed by atoms with Crippen molar-refractivity contribution in [1.82, 2.24) is 19.5 Å². The van der Waals surface area contributed by atoms with Crippen LogP contribution in [0.2, 0.25) is 0 Å². The molecule has 0 saturated carbocycles. The van der Waals surface area contributed by atoms with Crippen LogP contribution in [-0.4, -0.2) is 42.5 Å². The molecule has 9 heteroatoms. The number of benzene rings is 1. The maximum Gasteiger partial charge on any atom is 0.227 e. The van der Waals surface area contributed by atoms with E-state index in [0.717, 1.165) is 43.7 Å². The summed E-state index contributed by atoms with van der Waals surface area (Å²) in [5.41, 5.74) is 1.13. The molecule has 0 amide bonds. The Hall–Kier alpha value is -2.00. The van der Waals surface area contributed by atoms with E-state index in [2.05, 4.69) is 19.8 Å². The van der Waals surface area contributed by atoms with E-state index in [0.29, 0.717) is 11.7 Å². The first-order chi connectivity index (χ1) is 12.2. The minimum absolute atomic E-state index is 0.217. The maximum absolute atomic E-state index is 13.0. The van der Waals surface area contributed by atoms with Gasteiger partial charge in [-0.25, -0.2) is 17.5 Å². The zero-order chi connectivity index (χ0) is 18.9. The van der Waals surface area contributed by atoms with E-state index in [1.54, 1.807) is 6.92 Å². The van der Waals surface area contributed by atoms with E-state index in [1.165, 1.54) is 12.1 Å². The molecule has 0 aliphatic carbocycles. The molecule has 0 radical (unpaired) electrons. The lowest BCUT2D eigenvalue weighted by atomic mass is 9.99. The third kappa shape index (κ3) is 4.39. The maximum atomic E-state index is 13.0. The second kappa shape index (κ2) is 7.32. The molecule has 7 nitrogen and oxygen atoms in total. The number of hydrogen-bond acceptors (Lipinski definition) is 5. The van der Waals surface area contributed by atoms with Gasteiger partial charge in [-0.05, 0) is 43.4 Å². The van der Waals surface area contributed by atoms with E-state index in [9.17, 15) is 12.8 Å². The Labute approximate surface area is 153 Å². The summed E-state index contributed by atoms with van der Waals surface area (Å²) in [7, 11) is -1.47. The molecule has 1 aliphatic heterocycles. The van der Waals surface area contributed by atoms with Crippen molar-refractivity contribution in [2.45, 2.75) is 25.8 Å². The summed E-state index contributed by atoms with van der Waals surface area (Å²) >= 11 is 0. The van der Waals surface area contributed by atoms with Crippen molar-refractivity contribution < 1.29 is 12.8 Å². The highest BCUT2D eigenvalue weighted by atomic mass is 32.2. The first-order valence-electron chi connectivity index (χ1n) is 8.59. The summed E-state index contributed by atoms with van der Waals surface area (Å²) in [6.07, 6.45) is 3.05. The van der Waals surface area contributed by atoms with Gasteiger partial charge in [0.25, 0.3) is 0 Å². The first kappa shape index (κ1) is 18.8. The number of rotatable bonds is 6. The van der Waals surface area contributed by atoms with Crippen LogP contribution in [0.4, 0.5) is 10.3 Å². The highest BCUT2D eigenvalue weighted by Crippen LogP contribution is 2.26. The normalized spacial score (nSPS) is 19.1. The summed E-state index contributed by atoms with van der Waals surface area (Å²) < 4.78 is 40.2. The van der Waals surface area contributed by atoms with Crippen molar-refractivity contribution in [3.63, 3.8) is 0 Å². The van der Waals surface area contributed by atoms with E-state index >= 15 is 0 Å². The zero-order valence-electron chi connectivity index (χ0n) is 15.2. The summed E-state index contributed by atoms with van der Waals surface area (Å²) in [5, 5.41) is 8.42. The van der Waals surface area contributed by atoms with Crippen molar-refractivity contribution >= 4 is 16.0 Å². The number of sulfonamides is 1. The Morgan fingerprint density at radius 1 is 1.31 bits per heavy atom. The lowest BCUT2D eigenvalue weighted by Gasteiger charge is -2.18. The molecule has 1 aromatic carbocycles. The number of anilines is 1. The molecule has 3 rings (SSSR count). The van der Waals surface area contributed by atoms with Gasteiger partial charge < -0.3 is 4.90 Å². The van der Waals surface area contributed by atoms with E-state index in [-0.39, 0.29) is 5.82 Å². The fraction of sp³-hybridized carbons (Fsp3) is 0.529. The molecular weight excluding hydrogens is 357 g/mol. The second-order valence-corrected chi connectivity index (χ2v) is 8.74. The molecule has 1 N–H and O–H groups in total. The van der Waals surface area contributed by atoms with Gasteiger partial charge in [-0.2, -0.15) is 0 Å². The fourth-order valence-corrected chi connectivity index (χ4v) is 4.24. The van der Waals surface area contributed by atoms with Crippen LogP contribution in [0.5, 0.6) is 0 Å². The Bertz CT molecular complexity index is 866. The predicted octanol–water partition coefficient (Wildman–Crippen LogP) is 1.63. The van der Waals surface area contributed by atoms with Gasteiger partial charge in [0.05, 0.1) is 12.3 Å². The van der Waals surface area contributed by atoms with Gasteiger partial charge >= 0.3 is 0 Å². The summed E-state index contributed by atoms with van der Waals surface area (Å²) in [6.45, 7) is 3.46. The quantitative estimate of drug-likeness (QED) is 0.823. The molecule has 2 atom stereocenters. The van der Waals surface area contributed by atoms with Crippen molar-refractivity contribution in [2.75, 3.05) is 24.2 Å². The minimum atomic E-state index is -3.32. The monoisotopic (exact) mass is 381 g/mol. The van der Waals surface area contributed by atoms with Gasteiger partial charge in [-0.1, -0.05) is 12.1 Å². The van der Waals surface area contributed by atoms with Crippen LogP contribution in [0, 0.1) is 11.7 Å². The molecule has 0 spiro atoms. The summed E-state index contributed by atoms with van der Waals surface area (Å²) in [6, 6.07) is 6.20. The zero-order valence-corrected chi connectivity index (χ0v) is 16.0. The van der Waals surface area contributed by atoms with Gasteiger partial charge in [0.2, 0.25) is 16.0 Å². The van der Waals surface area contributed by atoms with Crippen LogP contribution in [0.25, 0.3) is 0 Å². The SMILES string of the molecule is CC(NS(C)(=O)=O)c1nnc(N2CCC(Cc3ccc(F)cc3)C2)n1C. The Kier molecular flexibility index (Phi) is 5.29. The summed E-state index contributed by atoms with van der Waals surface area (Å²) in [5.74, 6) is 1.56. The van der Waals surface area contributed by atoms with Crippen molar-refractivity contribution in [3.05, 3.63) is 41.5 Å². The molecule has 1 aromatic heterocycles. The van der Waals surface area contributed by atoms with Crippen LogP contribution < -0.4 is 9.62 Å². The number of nitrogens with one attached hydrogen (secondary N) is 1. The Balaban J connectivity index is 1.66. The second-order valence-electron chi connectivity index (χ2n) is 6.96. The highest BCUT2D eigenvalue weighted by Gasteiger charge is 2.27. The molecule has 0 bridgehead atoms. The Morgan fingerprint density at radius 2 is 2.00 bits per heavy atom. The first-order valence-corrected chi connectivity index (χ1v) is 10.5. The smallest absolute Gasteiger partial charge is 0.227 e. The topological polar surface area (TPSA) is 80.1 Å². The third-order valence-electron chi connectivity index (χ3n) is 4.67. The van der Waals surface area contributed by atoms with Gasteiger partial charge in [0, 0.05) is 20.1 Å². The molecular formula is C17H24FN5O2S. The minimum Gasteiger partial charge on any atom is -0.341 e. The number of halogens is 1. The van der Waals surface area contributed by atoms with Crippen molar-refractivity contribution in [1.29, 1.82) is 0 Å². The third-order valence-corrected chi connectivity index (χ3v) is 5.45. The molecule has 2 unspecified atom stereocenters. The van der Waals surface area contributed by atoms with Crippen molar-refractivity contribution in [2.24, 2.45) is 13.0 Å². The van der Waals surface area contributed by atoms with Crippen molar-refractivity contribution in [3.8, 4) is 0 Å². The van der Waals surface area contributed by atoms with Gasteiger partial charge in [0.15, 0.2) is 5.82 Å². The predicted molar refractivity (Wildman–Crippen MR) is 97.8 cm³/mol.